The van der Waals surface area contributed by atoms with E-state index in [1.807, 2.05) is 48.2 Å². The average molecular weight is 652 g/mol. The number of ether oxygens (including phenoxy) is 4. The molecule has 0 aromatic heterocycles. The number of urea groups is 1. The standard InChI is InChI=1S/C37H37N3O8/c1-24-7-4-5-8-31(24)39-36(44)38-28-16-10-25(11-17-28)23-33(41)32-9-6-22-40(32)37(47-29-18-12-26(13-19-29)34(42)45-2)48-30-20-14-27(15-21-30)35(43)46-3/h4-5,7-8,10-21,32,37H,6,9,22-23H2,1-3H3,(H2,38,39,44)/t32-/m0/s1. The van der Waals surface area contributed by atoms with Crippen molar-refractivity contribution >= 4 is 35.1 Å². The highest BCUT2D eigenvalue weighted by Crippen LogP contribution is 2.27. The molecule has 1 saturated heterocycles. The topological polar surface area (TPSA) is 132 Å². The molecular formula is C37H37N3O8. The summed E-state index contributed by atoms with van der Waals surface area (Å²) in [6, 6.07) is 26.7. The lowest BCUT2D eigenvalue weighted by atomic mass is 10.0. The van der Waals surface area contributed by atoms with Crippen LogP contribution in [0.25, 0.3) is 0 Å². The van der Waals surface area contributed by atoms with Crippen molar-refractivity contribution in [3.05, 3.63) is 119 Å². The number of aryl methyl sites for hydroxylation is 1. The first-order valence-corrected chi connectivity index (χ1v) is 15.4. The Morgan fingerprint density at radius 3 is 1.85 bits per heavy atom. The Morgan fingerprint density at radius 1 is 0.750 bits per heavy atom. The molecule has 2 N–H and O–H groups in total. The molecule has 0 radical (unpaired) electrons. The number of nitrogens with one attached hydrogen (secondary N) is 2. The van der Waals surface area contributed by atoms with Crippen molar-refractivity contribution in [1.82, 2.24) is 4.90 Å². The molecule has 1 heterocycles. The third-order valence-corrected chi connectivity index (χ3v) is 7.94. The van der Waals surface area contributed by atoms with Gasteiger partial charge in [-0.2, -0.15) is 0 Å². The van der Waals surface area contributed by atoms with Gasteiger partial charge in [0.1, 0.15) is 11.5 Å². The molecule has 1 aliphatic heterocycles. The molecule has 1 fully saturated rings. The molecule has 248 valence electrons. The van der Waals surface area contributed by atoms with E-state index in [-0.39, 0.29) is 18.2 Å². The zero-order chi connectivity index (χ0) is 34.0. The zero-order valence-electron chi connectivity index (χ0n) is 26.9. The summed E-state index contributed by atoms with van der Waals surface area (Å²) in [5, 5.41) is 5.66. The molecule has 4 aromatic carbocycles. The van der Waals surface area contributed by atoms with E-state index in [0.717, 1.165) is 23.2 Å². The normalized spacial score (nSPS) is 14.2. The summed E-state index contributed by atoms with van der Waals surface area (Å²) >= 11 is 0. The van der Waals surface area contributed by atoms with Crippen LogP contribution >= 0.6 is 0 Å². The van der Waals surface area contributed by atoms with Crippen molar-refractivity contribution in [1.29, 1.82) is 0 Å². The van der Waals surface area contributed by atoms with Crippen LogP contribution < -0.4 is 20.1 Å². The van der Waals surface area contributed by atoms with Crippen LogP contribution in [0.5, 0.6) is 11.5 Å². The minimum Gasteiger partial charge on any atom is -0.465 e. The van der Waals surface area contributed by atoms with Gasteiger partial charge in [-0.1, -0.05) is 30.3 Å². The molecule has 4 aromatic rings. The van der Waals surface area contributed by atoms with E-state index in [2.05, 4.69) is 10.6 Å². The Balaban J connectivity index is 1.27. The number of nitrogens with zero attached hydrogens (tertiary/aromatic N) is 1. The van der Waals surface area contributed by atoms with Crippen LogP contribution in [0.4, 0.5) is 16.2 Å². The van der Waals surface area contributed by atoms with Crippen molar-refractivity contribution in [2.75, 3.05) is 31.4 Å². The van der Waals surface area contributed by atoms with Crippen LogP contribution in [0.3, 0.4) is 0 Å². The highest BCUT2D eigenvalue weighted by atomic mass is 16.7. The highest BCUT2D eigenvalue weighted by molar-refractivity contribution is 6.00. The van der Waals surface area contributed by atoms with E-state index in [4.69, 9.17) is 18.9 Å². The second-order valence-electron chi connectivity index (χ2n) is 11.2. The first kappa shape index (κ1) is 33.7. The van der Waals surface area contributed by atoms with E-state index < -0.39 is 24.4 Å². The van der Waals surface area contributed by atoms with Gasteiger partial charge in [-0.25, -0.2) is 19.3 Å². The molecule has 1 atom stereocenters. The van der Waals surface area contributed by atoms with E-state index in [1.54, 1.807) is 60.7 Å². The minimum absolute atomic E-state index is 0.00946. The molecule has 48 heavy (non-hydrogen) atoms. The molecule has 11 nitrogen and oxygen atoms in total. The smallest absolute Gasteiger partial charge is 0.337 e. The summed E-state index contributed by atoms with van der Waals surface area (Å²) in [5.41, 5.74) is 3.80. The van der Waals surface area contributed by atoms with Gasteiger partial charge in [-0.3, -0.25) is 4.79 Å². The van der Waals surface area contributed by atoms with Crippen LogP contribution in [0, 0.1) is 6.92 Å². The van der Waals surface area contributed by atoms with Crippen LogP contribution in [0.2, 0.25) is 0 Å². The Labute approximate surface area is 278 Å². The fraction of sp³-hybridized carbons (Fsp3) is 0.243. The van der Waals surface area contributed by atoms with E-state index in [9.17, 15) is 19.2 Å². The quantitative estimate of drug-likeness (QED) is 0.135. The lowest BCUT2D eigenvalue weighted by Gasteiger charge is -2.32. The number of ketones is 1. The minimum atomic E-state index is -0.993. The number of benzene rings is 4. The Morgan fingerprint density at radius 2 is 1.31 bits per heavy atom. The second-order valence-corrected chi connectivity index (χ2v) is 11.2. The van der Waals surface area contributed by atoms with Crippen LogP contribution in [0.15, 0.2) is 97.1 Å². The van der Waals surface area contributed by atoms with E-state index >= 15 is 0 Å². The van der Waals surface area contributed by atoms with Crippen molar-refractivity contribution < 1.29 is 38.1 Å². The number of methoxy groups -OCH3 is 2. The summed E-state index contributed by atoms with van der Waals surface area (Å²) in [4.78, 5) is 51.9. The van der Waals surface area contributed by atoms with Gasteiger partial charge in [0.15, 0.2) is 5.78 Å². The monoisotopic (exact) mass is 651 g/mol. The Bertz CT molecular complexity index is 1680. The first-order chi connectivity index (χ1) is 23.2. The number of para-hydroxylation sites is 1. The van der Waals surface area contributed by atoms with Crippen molar-refractivity contribution in [3.8, 4) is 11.5 Å². The number of amides is 2. The molecular weight excluding hydrogens is 614 g/mol. The van der Waals surface area contributed by atoms with Crippen LogP contribution in [-0.4, -0.2) is 61.9 Å². The van der Waals surface area contributed by atoms with E-state index in [1.165, 1.54) is 14.2 Å². The number of hydrogen-bond donors (Lipinski definition) is 2. The SMILES string of the molecule is COC(=O)c1ccc(OC(Oc2ccc(C(=O)OC)cc2)N2CCC[C@H]2C(=O)Cc2ccc(NC(=O)Nc3ccccc3C)cc2)cc1. The van der Waals surface area contributed by atoms with Crippen molar-refractivity contribution in [3.63, 3.8) is 0 Å². The second kappa shape index (κ2) is 15.7. The molecule has 0 aliphatic carbocycles. The number of rotatable bonds is 12. The molecule has 0 spiro atoms. The first-order valence-electron chi connectivity index (χ1n) is 15.4. The third-order valence-electron chi connectivity index (χ3n) is 7.94. The number of anilines is 2. The lowest BCUT2D eigenvalue weighted by molar-refractivity contribution is -0.143. The average Bonchev–Trinajstić information content (AvgIpc) is 3.60. The number of esters is 2. The Kier molecular flexibility index (Phi) is 11.0. The van der Waals surface area contributed by atoms with Crippen molar-refractivity contribution in [2.24, 2.45) is 0 Å². The summed E-state index contributed by atoms with van der Waals surface area (Å²) in [5.74, 6) is -0.109. The Hall–Kier alpha value is -5.68. The summed E-state index contributed by atoms with van der Waals surface area (Å²) in [6.07, 6.45) is 0.544. The van der Waals surface area contributed by atoms with Gasteiger partial charge in [-0.15, -0.1) is 0 Å². The third kappa shape index (κ3) is 8.56. The molecule has 0 unspecified atom stereocenters. The fourth-order valence-corrected chi connectivity index (χ4v) is 5.38. The van der Waals surface area contributed by atoms with E-state index in [0.29, 0.717) is 41.3 Å². The van der Waals surface area contributed by atoms with Gasteiger partial charge in [0, 0.05) is 24.3 Å². The predicted octanol–water partition coefficient (Wildman–Crippen LogP) is 6.23. The van der Waals surface area contributed by atoms with Gasteiger partial charge < -0.3 is 29.6 Å². The van der Waals surface area contributed by atoms with Gasteiger partial charge in [0.2, 0.25) is 0 Å². The number of carbonyl (C=O) groups is 4. The number of likely N-dealkylation sites (tertiary alicyclic amines) is 1. The summed E-state index contributed by atoms with van der Waals surface area (Å²) in [6.45, 7) is 2.46. The summed E-state index contributed by atoms with van der Waals surface area (Å²) < 4.78 is 22.1. The molecule has 0 bridgehead atoms. The number of carbonyl (C=O) groups excluding carboxylic acids is 4. The molecule has 2 amide bonds. The predicted molar refractivity (Wildman–Crippen MR) is 179 cm³/mol. The largest absolute Gasteiger partial charge is 0.465 e. The zero-order valence-corrected chi connectivity index (χ0v) is 26.9. The van der Waals surface area contributed by atoms with Gasteiger partial charge in [0.05, 0.1) is 31.4 Å². The summed E-state index contributed by atoms with van der Waals surface area (Å²) in [7, 11) is 2.62. The molecule has 1 aliphatic rings. The molecule has 0 saturated carbocycles. The number of hydrogen-bond acceptors (Lipinski definition) is 9. The van der Waals surface area contributed by atoms with Gasteiger partial charge in [0.25, 0.3) is 0 Å². The maximum absolute atomic E-state index is 13.7. The maximum atomic E-state index is 13.7. The lowest BCUT2D eigenvalue weighted by Crippen LogP contribution is -2.49. The van der Waals surface area contributed by atoms with Crippen molar-refractivity contribution in [2.45, 2.75) is 38.6 Å². The van der Waals surface area contributed by atoms with Gasteiger partial charge in [-0.05, 0) is 97.6 Å². The number of Topliss-reactive ketones (excluding diaryl/α,β-unsaturated/α-hetero) is 1. The molecule has 5 rings (SSSR count). The fourth-order valence-electron chi connectivity index (χ4n) is 5.38. The van der Waals surface area contributed by atoms with Gasteiger partial charge >= 0.3 is 24.4 Å². The highest BCUT2D eigenvalue weighted by Gasteiger charge is 2.38. The van der Waals surface area contributed by atoms with Crippen LogP contribution in [0.1, 0.15) is 44.7 Å². The van der Waals surface area contributed by atoms with Crippen LogP contribution in [-0.2, 0) is 20.7 Å². The molecule has 11 heteroatoms. The maximum Gasteiger partial charge on any atom is 0.337 e.